The Morgan fingerprint density at radius 1 is 1.19 bits per heavy atom. The van der Waals surface area contributed by atoms with Crippen molar-refractivity contribution >= 4 is 33.9 Å². The molecule has 21 heavy (non-hydrogen) atoms. The van der Waals surface area contributed by atoms with Crippen LogP contribution in [0.15, 0.2) is 36.4 Å². The molecule has 1 amide bonds. The van der Waals surface area contributed by atoms with Crippen molar-refractivity contribution in [2.45, 2.75) is 0 Å². The fourth-order valence-electron chi connectivity index (χ4n) is 1.55. The average molecular weight is 306 g/mol. The zero-order valence-corrected chi connectivity index (χ0v) is 11.7. The summed E-state index contributed by atoms with van der Waals surface area (Å²) in [4.78, 5) is 33.4. The van der Waals surface area contributed by atoms with Crippen LogP contribution in [-0.2, 0) is 4.74 Å². The second kappa shape index (κ2) is 6.14. The summed E-state index contributed by atoms with van der Waals surface area (Å²) in [5.74, 6) is -0.916. The first-order chi connectivity index (χ1) is 10.0. The number of nitrogens with one attached hydrogen (secondary N) is 1. The lowest BCUT2D eigenvalue weighted by atomic mass is 10.2. The Hall–Kier alpha value is -2.74. The molecule has 1 aromatic carbocycles. The molecule has 0 fully saturated rings. The highest BCUT2D eigenvalue weighted by atomic mass is 32.1. The van der Waals surface area contributed by atoms with Gasteiger partial charge in [0.1, 0.15) is 0 Å². The molecule has 0 atom stereocenters. The molecule has 2 rings (SSSR count). The zero-order valence-electron chi connectivity index (χ0n) is 10.9. The Morgan fingerprint density at radius 3 is 2.38 bits per heavy atom. The number of benzene rings is 1. The van der Waals surface area contributed by atoms with Gasteiger partial charge < -0.3 is 10.1 Å². The van der Waals surface area contributed by atoms with Crippen molar-refractivity contribution in [1.82, 2.24) is 0 Å². The molecule has 108 valence electrons. The second-order valence-electron chi connectivity index (χ2n) is 3.92. The van der Waals surface area contributed by atoms with Gasteiger partial charge in [0, 0.05) is 11.8 Å². The minimum atomic E-state index is -0.549. The number of hydrogen-bond donors (Lipinski definition) is 1. The molecule has 2 aromatic rings. The van der Waals surface area contributed by atoms with Crippen LogP contribution in [0.4, 0.5) is 10.7 Å². The third-order valence-electron chi connectivity index (χ3n) is 2.56. The van der Waals surface area contributed by atoms with Gasteiger partial charge in [0.05, 0.1) is 22.5 Å². The summed E-state index contributed by atoms with van der Waals surface area (Å²) < 4.78 is 4.56. The molecule has 0 saturated heterocycles. The van der Waals surface area contributed by atoms with E-state index in [9.17, 15) is 19.7 Å². The molecule has 0 aliphatic heterocycles. The number of thiophene rings is 1. The van der Waals surface area contributed by atoms with Gasteiger partial charge in [-0.1, -0.05) is 11.3 Å². The highest BCUT2D eigenvalue weighted by Crippen LogP contribution is 2.24. The summed E-state index contributed by atoms with van der Waals surface area (Å²) >= 11 is 0.795. The Kier molecular flexibility index (Phi) is 4.29. The van der Waals surface area contributed by atoms with E-state index in [2.05, 4.69) is 10.1 Å². The molecular weight excluding hydrogens is 296 g/mol. The number of hydrogen-bond acceptors (Lipinski definition) is 6. The van der Waals surface area contributed by atoms with Crippen LogP contribution in [-0.4, -0.2) is 23.9 Å². The second-order valence-corrected chi connectivity index (χ2v) is 4.98. The van der Waals surface area contributed by atoms with E-state index >= 15 is 0 Å². The van der Waals surface area contributed by atoms with Crippen molar-refractivity contribution in [2.24, 2.45) is 0 Å². The minimum absolute atomic E-state index is 0.0961. The van der Waals surface area contributed by atoms with E-state index in [4.69, 9.17) is 0 Å². The molecule has 0 radical (unpaired) electrons. The van der Waals surface area contributed by atoms with Crippen molar-refractivity contribution in [1.29, 1.82) is 0 Å². The van der Waals surface area contributed by atoms with Gasteiger partial charge in [0.2, 0.25) is 0 Å². The first kappa shape index (κ1) is 14.7. The number of esters is 1. The van der Waals surface area contributed by atoms with Gasteiger partial charge in [0.25, 0.3) is 5.91 Å². The summed E-state index contributed by atoms with van der Waals surface area (Å²) in [5, 5.41) is 13.1. The molecule has 8 heteroatoms. The van der Waals surface area contributed by atoms with Crippen molar-refractivity contribution in [3.05, 3.63) is 57.0 Å². The number of carbonyl (C=O) groups is 2. The van der Waals surface area contributed by atoms with Crippen LogP contribution >= 0.6 is 11.3 Å². The largest absolute Gasteiger partial charge is 0.465 e. The van der Waals surface area contributed by atoms with Crippen LogP contribution in [0.5, 0.6) is 0 Å². The normalized spacial score (nSPS) is 9.95. The molecule has 0 spiro atoms. The molecule has 7 nitrogen and oxygen atoms in total. The lowest BCUT2D eigenvalue weighted by Crippen LogP contribution is -2.10. The number of amides is 1. The number of methoxy groups -OCH3 is 1. The number of ether oxygens (including phenoxy) is 1. The van der Waals surface area contributed by atoms with Gasteiger partial charge in [-0.25, -0.2) is 4.79 Å². The maximum absolute atomic E-state index is 11.9. The van der Waals surface area contributed by atoms with Crippen molar-refractivity contribution in [3.8, 4) is 0 Å². The summed E-state index contributed by atoms with van der Waals surface area (Å²) in [6.45, 7) is 0. The van der Waals surface area contributed by atoms with Crippen molar-refractivity contribution in [3.63, 3.8) is 0 Å². The Labute approximate surface area is 123 Å². The average Bonchev–Trinajstić information content (AvgIpc) is 2.97. The van der Waals surface area contributed by atoms with Gasteiger partial charge in [-0.2, -0.15) is 0 Å². The standard InChI is InChI=1S/C13H10N2O5S/c1-20-13(17)8-2-4-9(5-3-8)14-12(16)10-6-7-11(21-10)15(18)19/h2-7H,1H3,(H,14,16). The fraction of sp³-hybridized carbons (Fsp3) is 0.0769. The molecule has 0 bridgehead atoms. The third-order valence-corrected chi connectivity index (χ3v) is 3.60. The van der Waals surface area contributed by atoms with Crippen molar-refractivity contribution in [2.75, 3.05) is 12.4 Å². The topological polar surface area (TPSA) is 98.5 Å². The SMILES string of the molecule is COC(=O)c1ccc(NC(=O)c2ccc([N+](=O)[O-])s2)cc1. The van der Waals surface area contributed by atoms with Gasteiger partial charge >= 0.3 is 11.0 Å². The van der Waals surface area contributed by atoms with Gasteiger partial charge in [-0.15, -0.1) is 0 Å². The van der Waals surface area contributed by atoms with E-state index in [0.29, 0.717) is 11.3 Å². The van der Waals surface area contributed by atoms with E-state index in [1.165, 1.54) is 31.4 Å². The van der Waals surface area contributed by atoms with E-state index in [-0.39, 0.29) is 9.88 Å². The zero-order chi connectivity index (χ0) is 15.4. The predicted octanol–water partition coefficient (Wildman–Crippen LogP) is 2.70. The quantitative estimate of drug-likeness (QED) is 0.532. The summed E-state index contributed by atoms with van der Waals surface area (Å²) in [6.07, 6.45) is 0. The van der Waals surface area contributed by atoms with Crippen LogP contribution in [0.3, 0.4) is 0 Å². The predicted molar refractivity (Wildman–Crippen MR) is 76.7 cm³/mol. The monoisotopic (exact) mass is 306 g/mol. The first-order valence-corrected chi connectivity index (χ1v) is 6.57. The lowest BCUT2D eigenvalue weighted by molar-refractivity contribution is -0.380. The summed E-state index contributed by atoms with van der Waals surface area (Å²) in [6, 6.07) is 8.79. The van der Waals surface area contributed by atoms with E-state index in [1.54, 1.807) is 12.1 Å². The smallest absolute Gasteiger partial charge is 0.337 e. The number of nitro groups is 1. The van der Waals surface area contributed by atoms with Gasteiger partial charge in [-0.05, 0) is 30.3 Å². The van der Waals surface area contributed by atoms with E-state index in [1.807, 2.05) is 0 Å². The third kappa shape index (κ3) is 3.42. The first-order valence-electron chi connectivity index (χ1n) is 5.75. The number of nitrogens with zero attached hydrogens (tertiary/aromatic N) is 1. The Morgan fingerprint density at radius 2 is 1.86 bits per heavy atom. The fourth-order valence-corrected chi connectivity index (χ4v) is 2.26. The molecule has 0 saturated carbocycles. The summed E-state index contributed by atoms with van der Waals surface area (Å²) in [7, 11) is 1.28. The number of anilines is 1. The van der Waals surface area contributed by atoms with Crippen LogP contribution in [0, 0.1) is 10.1 Å². The van der Waals surface area contributed by atoms with Crippen molar-refractivity contribution < 1.29 is 19.2 Å². The van der Waals surface area contributed by atoms with Crippen LogP contribution in [0.2, 0.25) is 0 Å². The number of rotatable bonds is 4. The molecular formula is C13H10N2O5S. The molecule has 0 aliphatic rings. The Bertz CT molecular complexity index is 693. The maximum Gasteiger partial charge on any atom is 0.337 e. The minimum Gasteiger partial charge on any atom is -0.465 e. The number of carbonyl (C=O) groups excluding carboxylic acids is 2. The molecule has 1 aromatic heterocycles. The summed E-state index contributed by atoms with van der Waals surface area (Å²) in [5.41, 5.74) is 0.839. The van der Waals surface area contributed by atoms with E-state index < -0.39 is 16.8 Å². The maximum atomic E-state index is 11.9. The molecule has 1 heterocycles. The van der Waals surface area contributed by atoms with Gasteiger partial charge in [0.15, 0.2) is 0 Å². The van der Waals surface area contributed by atoms with Crippen LogP contribution in [0.1, 0.15) is 20.0 Å². The highest BCUT2D eigenvalue weighted by molar-refractivity contribution is 7.17. The lowest BCUT2D eigenvalue weighted by Gasteiger charge is -2.04. The van der Waals surface area contributed by atoms with E-state index in [0.717, 1.165) is 11.3 Å². The van der Waals surface area contributed by atoms with Gasteiger partial charge in [-0.3, -0.25) is 14.9 Å². The van der Waals surface area contributed by atoms with Crippen LogP contribution < -0.4 is 5.32 Å². The van der Waals surface area contributed by atoms with Crippen LogP contribution in [0.25, 0.3) is 0 Å². The molecule has 0 unspecified atom stereocenters. The highest BCUT2D eigenvalue weighted by Gasteiger charge is 2.15. The molecule has 0 aliphatic carbocycles. The molecule has 1 N–H and O–H groups in total. The Balaban J connectivity index is 2.08.